The maximum absolute atomic E-state index is 11.8. The average Bonchev–Trinajstić information content (AvgIpc) is 2.18. The molecule has 14 heavy (non-hydrogen) atoms. The number of rotatable bonds is 3. The summed E-state index contributed by atoms with van der Waals surface area (Å²) in [5.74, 6) is 0.107. The first-order valence-corrected chi connectivity index (χ1v) is 5.35. The minimum atomic E-state index is -0.299. The molecule has 3 heteroatoms. The van der Waals surface area contributed by atoms with Crippen LogP contribution in [0.2, 0.25) is 0 Å². The maximum atomic E-state index is 11.8. The van der Waals surface area contributed by atoms with Crippen LogP contribution in [0.15, 0.2) is 11.6 Å². The molecule has 1 heterocycles. The molecule has 1 rings (SSSR count). The number of hydrogen-bond donors (Lipinski definition) is 1. The molecule has 1 amide bonds. The summed E-state index contributed by atoms with van der Waals surface area (Å²) in [4.78, 5) is 13.6. The highest BCUT2D eigenvalue weighted by molar-refractivity contribution is 5.81. The molecule has 0 spiro atoms. The van der Waals surface area contributed by atoms with Crippen molar-refractivity contribution in [3.8, 4) is 0 Å². The molecule has 0 aliphatic carbocycles. The van der Waals surface area contributed by atoms with Gasteiger partial charge in [0, 0.05) is 13.1 Å². The molecular weight excluding hydrogens is 176 g/mol. The zero-order chi connectivity index (χ0) is 10.6. The molecule has 3 nitrogen and oxygen atoms in total. The van der Waals surface area contributed by atoms with Crippen molar-refractivity contribution in [3.63, 3.8) is 0 Å². The quantitative estimate of drug-likeness (QED) is 0.691. The molecule has 0 aromatic heterocycles. The van der Waals surface area contributed by atoms with Gasteiger partial charge in [-0.25, -0.2) is 0 Å². The number of hydrogen-bond acceptors (Lipinski definition) is 2. The van der Waals surface area contributed by atoms with Crippen molar-refractivity contribution in [2.24, 2.45) is 5.73 Å². The van der Waals surface area contributed by atoms with E-state index < -0.39 is 0 Å². The van der Waals surface area contributed by atoms with Gasteiger partial charge in [0.05, 0.1) is 6.04 Å². The third kappa shape index (κ3) is 2.84. The van der Waals surface area contributed by atoms with Crippen molar-refractivity contribution in [1.29, 1.82) is 0 Å². The first kappa shape index (κ1) is 11.2. The van der Waals surface area contributed by atoms with E-state index in [9.17, 15) is 4.79 Å². The van der Waals surface area contributed by atoms with E-state index in [-0.39, 0.29) is 11.9 Å². The Balaban J connectivity index is 2.46. The summed E-state index contributed by atoms with van der Waals surface area (Å²) < 4.78 is 0. The van der Waals surface area contributed by atoms with Gasteiger partial charge in [-0.3, -0.25) is 4.79 Å². The van der Waals surface area contributed by atoms with Crippen molar-refractivity contribution in [2.45, 2.75) is 39.2 Å². The summed E-state index contributed by atoms with van der Waals surface area (Å²) in [6, 6.07) is -0.299. The second kappa shape index (κ2) is 5.15. The van der Waals surface area contributed by atoms with Crippen LogP contribution in [0.1, 0.15) is 33.1 Å². The molecule has 1 unspecified atom stereocenters. The molecule has 1 atom stereocenters. The third-order valence-corrected chi connectivity index (χ3v) is 2.66. The summed E-state index contributed by atoms with van der Waals surface area (Å²) in [6.45, 7) is 5.72. The summed E-state index contributed by atoms with van der Waals surface area (Å²) in [5, 5.41) is 0. The Labute approximate surface area is 86.0 Å². The van der Waals surface area contributed by atoms with Crippen molar-refractivity contribution in [1.82, 2.24) is 4.90 Å². The van der Waals surface area contributed by atoms with Gasteiger partial charge in [0.1, 0.15) is 0 Å². The van der Waals surface area contributed by atoms with Crippen LogP contribution in [0.5, 0.6) is 0 Å². The van der Waals surface area contributed by atoms with Crippen LogP contribution in [0, 0.1) is 0 Å². The van der Waals surface area contributed by atoms with Gasteiger partial charge >= 0.3 is 0 Å². The minimum Gasteiger partial charge on any atom is -0.337 e. The molecule has 0 bridgehead atoms. The van der Waals surface area contributed by atoms with Crippen LogP contribution in [0.25, 0.3) is 0 Å². The lowest BCUT2D eigenvalue weighted by Gasteiger charge is -2.27. The van der Waals surface area contributed by atoms with Gasteiger partial charge < -0.3 is 10.6 Å². The SMILES string of the molecule is CCCC(N)C(=O)N1CC=C(C)CC1. The first-order valence-electron chi connectivity index (χ1n) is 5.35. The zero-order valence-corrected chi connectivity index (χ0v) is 9.12. The molecule has 0 fully saturated rings. The normalized spacial score (nSPS) is 19.1. The molecule has 2 N–H and O–H groups in total. The van der Waals surface area contributed by atoms with E-state index in [0.29, 0.717) is 0 Å². The van der Waals surface area contributed by atoms with Crippen LogP contribution in [0.3, 0.4) is 0 Å². The summed E-state index contributed by atoms with van der Waals surface area (Å²) in [6.07, 6.45) is 4.86. The second-order valence-electron chi connectivity index (χ2n) is 3.98. The molecule has 0 saturated carbocycles. The van der Waals surface area contributed by atoms with E-state index in [1.54, 1.807) is 0 Å². The fraction of sp³-hybridized carbons (Fsp3) is 0.727. The van der Waals surface area contributed by atoms with E-state index in [0.717, 1.165) is 32.4 Å². The van der Waals surface area contributed by atoms with Gasteiger partial charge in [-0.1, -0.05) is 25.0 Å². The van der Waals surface area contributed by atoms with Gasteiger partial charge in [0.25, 0.3) is 0 Å². The smallest absolute Gasteiger partial charge is 0.239 e. The lowest BCUT2D eigenvalue weighted by Crippen LogP contribution is -2.45. The average molecular weight is 196 g/mol. The first-order chi connectivity index (χ1) is 6.65. The zero-order valence-electron chi connectivity index (χ0n) is 9.12. The Hall–Kier alpha value is -0.830. The monoisotopic (exact) mass is 196 g/mol. The molecule has 0 aromatic rings. The predicted octanol–water partition coefficient (Wildman–Crippen LogP) is 1.29. The standard InChI is InChI=1S/C11H20N2O/c1-3-4-10(12)11(14)13-7-5-9(2)6-8-13/h5,10H,3-4,6-8,12H2,1-2H3. The number of carbonyl (C=O) groups is 1. The number of amides is 1. The summed E-state index contributed by atoms with van der Waals surface area (Å²) >= 11 is 0. The summed E-state index contributed by atoms with van der Waals surface area (Å²) in [7, 11) is 0. The highest BCUT2D eigenvalue weighted by Crippen LogP contribution is 2.11. The Kier molecular flexibility index (Phi) is 4.14. The topological polar surface area (TPSA) is 46.3 Å². The van der Waals surface area contributed by atoms with Gasteiger partial charge in [-0.2, -0.15) is 0 Å². The summed E-state index contributed by atoms with van der Waals surface area (Å²) in [5.41, 5.74) is 7.15. The van der Waals surface area contributed by atoms with E-state index in [1.807, 2.05) is 11.8 Å². The molecule has 0 radical (unpaired) electrons. The fourth-order valence-corrected chi connectivity index (χ4v) is 1.64. The van der Waals surface area contributed by atoms with Gasteiger partial charge in [0.2, 0.25) is 5.91 Å². The third-order valence-electron chi connectivity index (χ3n) is 2.66. The van der Waals surface area contributed by atoms with Crippen LogP contribution in [-0.2, 0) is 4.79 Å². The van der Waals surface area contributed by atoms with Crippen molar-refractivity contribution < 1.29 is 4.79 Å². The highest BCUT2D eigenvalue weighted by Gasteiger charge is 2.20. The van der Waals surface area contributed by atoms with Gasteiger partial charge in [0.15, 0.2) is 0 Å². The van der Waals surface area contributed by atoms with E-state index >= 15 is 0 Å². The van der Waals surface area contributed by atoms with Crippen molar-refractivity contribution in [3.05, 3.63) is 11.6 Å². The van der Waals surface area contributed by atoms with Crippen LogP contribution in [-0.4, -0.2) is 29.9 Å². The Morgan fingerprint density at radius 2 is 2.43 bits per heavy atom. The largest absolute Gasteiger partial charge is 0.337 e. The highest BCUT2D eigenvalue weighted by atomic mass is 16.2. The predicted molar refractivity (Wildman–Crippen MR) is 57.8 cm³/mol. The lowest BCUT2D eigenvalue weighted by molar-refractivity contribution is -0.132. The molecule has 1 aliphatic heterocycles. The van der Waals surface area contributed by atoms with Gasteiger partial charge in [-0.15, -0.1) is 0 Å². The van der Waals surface area contributed by atoms with E-state index in [2.05, 4.69) is 13.0 Å². The van der Waals surface area contributed by atoms with Crippen LogP contribution < -0.4 is 5.73 Å². The molecule has 1 aliphatic rings. The Morgan fingerprint density at radius 1 is 1.71 bits per heavy atom. The Bertz CT molecular complexity index is 235. The minimum absolute atomic E-state index is 0.107. The maximum Gasteiger partial charge on any atom is 0.239 e. The molecule has 80 valence electrons. The van der Waals surface area contributed by atoms with E-state index in [1.165, 1.54) is 5.57 Å². The molecular formula is C11H20N2O. The second-order valence-corrected chi connectivity index (χ2v) is 3.98. The molecule has 0 saturated heterocycles. The fourth-order valence-electron chi connectivity index (χ4n) is 1.64. The van der Waals surface area contributed by atoms with Crippen LogP contribution >= 0.6 is 0 Å². The van der Waals surface area contributed by atoms with Crippen LogP contribution in [0.4, 0.5) is 0 Å². The van der Waals surface area contributed by atoms with Crippen molar-refractivity contribution in [2.75, 3.05) is 13.1 Å². The number of carbonyl (C=O) groups excluding carboxylic acids is 1. The molecule has 0 aromatic carbocycles. The van der Waals surface area contributed by atoms with E-state index in [4.69, 9.17) is 5.73 Å². The number of nitrogens with zero attached hydrogens (tertiary/aromatic N) is 1. The lowest BCUT2D eigenvalue weighted by atomic mass is 10.1. The Morgan fingerprint density at radius 3 is 2.93 bits per heavy atom. The number of nitrogens with two attached hydrogens (primary N) is 1. The van der Waals surface area contributed by atoms with Crippen molar-refractivity contribution >= 4 is 5.91 Å². The van der Waals surface area contributed by atoms with Gasteiger partial charge in [-0.05, 0) is 19.8 Å².